The van der Waals surface area contributed by atoms with Gasteiger partial charge in [0.05, 0.1) is 0 Å². The molecule has 1 saturated heterocycles. The predicted molar refractivity (Wildman–Crippen MR) is 69.0 cm³/mol. The van der Waals surface area contributed by atoms with E-state index in [0.717, 1.165) is 29.9 Å². The number of nitrogens with zero attached hydrogens (tertiary/aromatic N) is 3. The summed E-state index contributed by atoms with van der Waals surface area (Å²) in [5.41, 5.74) is 1.14. The SMILES string of the molecule is Cc1cnc(N2CC(C)C3CCCCC32)nc1. The van der Waals surface area contributed by atoms with E-state index < -0.39 is 0 Å². The van der Waals surface area contributed by atoms with E-state index in [9.17, 15) is 0 Å². The fourth-order valence-corrected chi connectivity index (χ4v) is 3.54. The Kier molecular flexibility index (Phi) is 2.77. The van der Waals surface area contributed by atoms with Crippen LogP contribution in [-0.4, -0.2) is 22.6 Å². The summed E-state index contributed by atoms with van der Waals surface area (Å²) >= 11 is 0. The molecule has 3 unspecified atom stereocenters. The van der Waals surface area contributed by atoms with Crippen molar-refractivity contribution < 1.29 is 0 Å². The number of aromatic nitrogens is 2. The molecule has 2 fully saturated rings. The van der Waals surface area contributed by atoms with Crippen LogP contribution in [0.25, 0.3) is 0 Å². The second-order valence-corrected chi connectivity index (χ2v) is 5.71. The van der Waals surface area contributed by atoms with Crippen molar-refractivity contribution >= 4 is 5.95 Å². The minimum absolute atomic E-state index is 0.696. The van der Waals surface area contributed by atoms with Gasteiger partial charge in [-0.2, -0.15) is 0 Å². The fourth-order valence-electron chi connectivity index (χ4n) is 3.54. The summed E-state index contributed by atoms with van der Waals surface area (Å²) in [6.07, 6.45) is 9.37. The van der Waals surface area contributed by atoms with Crippen molar-refractivity contribution in [2.24, 2.45) is 11.8 Å². The molecule has 17 heavy (non-hydrogen) atoms. The van der Waals surface area contributed by atoms with Crippen molar-refractivity contribution in [2.75, 3.05) is 11.4 Å². The average molecular weight is 231 g/mol. The van der Waals surface area contributed by atoms with E-state index in [2.05, 4.69) is 21.8 Å². The van der Waals surface area contributed by atoms with E-state index in [1.165, 1.54) is 25.7 Å². The quantitative estimate of drug-likeness (QED) is 0.744. The summed E-state index contributed by atoms with van der Waals surface area (Å²) in [6.45, 7) is 5.56. The van der Waals surface area contributed by atoms with Crippen LogP contribution in [0, 0.1) is 18.8 Å². The Labute approximate surface area is 103 Å². The molecule has 0 N–H and O–H groups in total. The number of anilines is 1. The van der Waals surface area contributed by atoms with Crippen molar-refractivity contribution in [1.82, 2.24) is 9.97 Å². The summed E-state index contributed by atoms with van der Waals surface area (Å²) in [4.78, 5) is 11.5. The average Bonchev–Trinajstić information content (AvgIpc) is 2.69. The molecule has 1 aromatic rings. The molecular formula is C14H21N3. The molecule has 0 bridgehead atoms. The minimum Gasteiger partial charge on any atom is -0.337 e. The van der Waals surface area contributed by atoms with Gasteiger partial charge in [-0.3, -0.25) is 0 Å². The zero-order valence-electron chi connectivity index (χ0n) is 10.8. The van der Waals surface area contributed by atoms with Crippen LogP contribution in [-0.2, 0) is 0 Å². The first-order valence-corrected chi connectivity index (χ1v) is 6.81. The molecule has 2 heterocycles. The van der Waals surface area contributed by atoms with Crippen LogP contribution in [0.4, 0.5) is 5.95 Å². The molecule has 0 radical (unpaired) electrons. The lowest BCUT2D eigenvalue weighted by molar-refractivity contribution is 0.293. The molecule has 1 aliphatic heterocycles. The maximum Gasteiger partial charge on any atom is 0.225 e. The summed E-state index contributed by atoms with van der Waals surface area (Å²) in [7, 11) is 0. The number of aryl methyl sites for hydroxylation is 1. The smallest absolute Gasteiger partial charge is 0.225 e. The number of hydrogen-bond acceptors (Lipinski definition) is 3. The van der Waals surface area contributed by atoms with Crippen LogP contribution in [0.5, 0.6) is 0 Å². The van der Waals surface area contributed by atoms with E-state index in [1.807, 2.05) is 19.3 Å². The zero-order valence-corrected chi connectivity index (χ0v) is 10.8. The molecule has 0 spiro atoms. The van der Waals surface area contributed by atoms with Gasteiger partial charge in [-0.15, -0.1) is 0 Å². The van der Waals surface area contributed by atoms with Crippen molar-refractivity contribution in [2.45, 2.75) is 45.6 Å². The van der Waals surface area contributed by atoms with Crippen molar-refractivity contribution in [1.29, 1.82) is 0 Å². The second-order valence-electron chi connectivity index (χ2n) is 5.71. The number of hydrogen-bond donors (Lipinski definition) is 0. The Morgan fingerprint density at radius 2 is 1.88 bits per heavy atom. The van der Waals surface area contributed by atoms with Crippen LogP contribution in [0.2, 0.25) is 0 Å². The van der Waals surface area contributed by atoms with Crippen LogP contribution in [0.15, 0.2) is 12.4 Å². The number of rotatable bonds is 1. The van der Waals surface area contributed by atoms with Gasteiger partial charge in [0.15, 0.2) is 0 Å². The summed E-state index contributed by atoms with van der Waals surface area (Å²) in [5.74, 6) is 2.61. The lowest BCUT2D eigenvalue weighted by atomic mass is 9.80. The Morgan fingerprint density at radius 1 is 1.18 bits per heavy atom. The maximum absolute atomic E-state index is 4.50. The van der Waals surface area contributed by atoms with Gasteiger partial charge in [0.2, 0.25) is 5.95 Å². The molecule has 92 valence electrons. The van der Waals surface area contributed by atoms with Gasteiger partial charge in [-0.05, 0) is 37.2 Å². The molecule has 3 rings (SSSR count). The third kappa shape index (κ3) is 1.92. The highest BCUT2D eigenvalue weighted by Gasteiger charge is 2.41. The van der Waals surface area contributed by atoms with E-state index in [-0.39, 0.29) is 0 Å². The Morgan fingerprint density at radius 3 is 2.65 bits per heavy atom. The first-order valence-electron chi connectivity index (χ1n) is 6.81. The predicted octanol–water partition coefficient (Wildman–Crippen LogP) is 2.80. The van der Waals surface area contributed by atoms with Gasteiger partial charge in [0, 0.05) is 25.0 Å². The van der Waals surface area contributed by atoms with Gasteiger partial charge in [-0.25, -0.2) is 9.97 Å². The van der Waals surface area contributed by atoms with E-state index >= 15 is 0 Å². The third-order valence-electron chi connectivity index (χ3n) is 4.42. The number of fused-ring (bicyclic) bond motifs is 1. The lowest BCUT2D eigenvalue weighted by Crippen LogP contribution is -2.35. The Balaban J connectivity index is 1.85. The molecule has 3 heteroatoms. The first-order chi connectivity index (χ1) is 8.25. The van der Waals surface area contributed by atoms with Crippen LogP contribution < -0.4 is 4.90 Å². The molecule has 1 saturated carbocycles. The molecule has 3 atom stereocenters. The molecule has 1 aromatic heterocycles. The van der Waals surface area contributed by atoms with E-state index in [0.29, 0.717) is 6.04 Å². The molecule has 3 nitrogen and oxygen atoms in total. The van der Waals surface area contributed by atoms with Crippen LogP contribution >= 0.6 is 0 Å². The third-order valence-corrected chi connectivity index (χ3v) is 4.42. The fraction of sp³-hybridized carbons (Fsp3) is 0.714. The molecule has 2 aliphatic rings. The van der Waals surface area contributed by atoms with E-state index in [1.54, 1.807) is 0 Å². The second kappa shape index (κ2) is 4.28. The molecule has 1 aliphatic carbocycles. The van der Waals surface area contributed by atoms with E-state index in [4.69, 9.17) is 0 Å². The Hall–Kier alpha value is -1.12. The summed E-state index contributed by atoms with van der Waals surface area (Å²) in [6, 6.07) is 0.696. The van der Waals surface area contributed by atoms with Gasteiger partial charge in [0.25, 0.3) is 0 Å². The van der Waals surface area contributed by atoms with Crippen LogP contribution in [0.1, 0.15) is 38.2 Å². The molecular weight excluding hydrogens is 210 g/mol. The topological polar surface area (TPSA) is 29.0 Å². The van der Waals surface area contributed by atoms with Gasteiger partial charge >= 0.3 is 0 Å². The van der Waals surface area contributed by atoms with Gasteiger partial charge < -0.3 is 4.90 Å². The zero-order chi connectivity index (χ0) is 11.8. The Bertz CT molecular complexity index is 387. The standard InChI is InChI=1S/C14H21N3/c1-10-7-15-14(16-8-10)17-9-11(2)12-5-3-4-6-13(12)17/h7-8,11-13H,3-6,9H2,1-2H3. The largest absolute Gasteiger partial charge is 0.337 e. The molecule has 0 amide bonds. The molecule has 0 aromatic carbocycles. The minimum atomic E-state index is 0.696. The van der Waals surface area contributed by atoms with Gasteiger partial charge in [-0.1, -0.05) is 19.8 Å². The lowest BCUT2D eigenvalue weighted by Gasteiger charge is -2.32. The highest BCUT2D eigenvalue weighted by atomic mass is 15.3. The summed E-state index contributed by atoms with van der Waals surface area (Å²) < 4.78 is 0. The van der Waals surface area contributed by atoms with Crippen molar-refractivity contribution in [3.63, 3.8) is 0 Å². The normalized spacial score (nSPS) is 32.6. The highest BCUT2D eigenvalue weighted by molar-refractivity contribution is 5.35. The van der Waals surface area contributed by atoms with Gasteiger partial charge in [0.1, 0.15) is 0 Å². The highest BCUT2D eigenvalue weighted by Crippen LogP contribution is 2.40. The monoisotopic (exact) mass is 231 g/mol. The van der Waals surface area contributed by atoms with Crippen molar-refractivity contribution in [3.8, 4) is 0 Å². The first kappa shape index (κ1) is 11.0. The van der Waals surface area contributed by atoms with Crippen LogP contribution in [0.3, 0.4) is 0 Å². The summed E-state index contributed by atoms with van der Waals surface area (Å²) in [5, 5.41) is 0. The van der Waals surface area contributed by atoms with Crippen molar-refractivity contribution in [3.05, 3.63) is 18.0 Å². The maximum atomic E-state index is 4.50.